The van der Waals surface area contributed by atoms with Crippen LogP contribution < -0.4 is 5.32 Å². The van der Waals surface area contributed by atoms with Crippen molar-refractivity contribution in [2.45, 2.75) is 19.8 Å². The number of nitrogens with one attached hydrogen (secondary N) is 1. The summed E-state index contributed by atoms with van der Waals surface area (Å²) in [6.45, 7) is 2.02. The molecule has 0 radical (unpaired) electrons. The highest BCUT2D eigenvalue weighted by Gasteiger charge is 2.12. The van der Waals surface area contributed by atoms with Gasteiger partial charge in [0.05, 0.1) is 0 Å². The molecule has 2 nitrogen and oxygen atoms in total. The Kier molecular flexibility index (Phi) is 3.22. The summed E-state index contributed by atoms with van der Waals surface area (Å²) in [6.07, 6.45) is 1.67. The van der Waals surface area contributed by atoms with Gasteiger partial charge in [0.15, 0.2) is 11.6 Å². The van der Waals surface area contributed by atoms with E-state index >= 15 is 0 Å². The molecule has 1 aromatic carbocycles. The number of halogens is 2. The second-order valence-electron chi connectivity index (χ2n) is 3.92. The predicted molar refractivity (Wildman–Crippen MR) is 65.2 cm³/mol. The van der Waals surface area contributed by atoms with Crippen molar-refractivity contribution in [1.82, 2.24) is 4.98 Å². The van der Waals surface area contributed by atoms with Crippen LogP contribution in [-0.2, 0) is 6.42 Å². The van der Waals surface area contributed by atoms with Gasteiger partial charge in [-0.25, -0.2) is 13.8 Å². The van der Waals surface area contributed by atoms with E-state index in [9.17, 15) is 8.78 Å². The Labute approximate surface area is 98.7 Å². The van der Waals surface area contributed by atoms with Gasteiger partial charge in [0, 0.05) is 23.8 Å². The SMILES string of the molecule is CCCc1cc(NC)c2ccc(F)c(F)c2n1. The summed E-state index contributed by atoms with van der Waals surface area (Å²) < 4.78 is 26.8. The van der Waals surface area contributed by atoms with E-state index in [2.05, 4.69) is 10.3 Å². The molecule has 1 heterocycles. The zero-order valence-electron chi connectivity index (χ0n) is 9.85. The first kappa shape index (κ1) is 11.8. The van der Waals surface area contributed by atoms with Crippen molar-refractivity contribution in [3.05, 3.63) is 35.5 Å². The van der Waals surface area contributed by atoms with Gasteiger partial charge >= 0.3 is 0 Å². The van der Waals surface area contributed by atoms with Crippen LogP contribution in [-0.4, -0.2) is 12.0 Å². The number of rotatable bonds is 3. The number of pyridine rings is 1. The van der Waals surface area contributed by atoms with Crippen molar-refractivity contribution in [1.29, 1.82) is 0 Å². The number of fused-ring (bicyclic) bond motifs is 1. The van der Waals surface area contributed by atoms with Gasteiger partial charge < -0.3 is 5.32 Å². The third-order valence-corrected chi connectivity index (χ3v) is 2.70. The minimum Gasteiger partial charge on any atom is -0.388 e. The van der Waals surface area contributed by atoms with E-state index in [0.29, 0.717) is 5.39 Å². The molecular weight excluding hydrogens is 222 g/mol. The Balaban J connectivity index is 2.73. The highest BCUT2D eigenvalue weighted by atomic mass is 19.2. The molecule has 1 aromatic heterocycles. The van der Waals surface area contributed by atoms with Crippen molar-refractivity contribution in [3.63, 3.8) is 0 Å². The van der Waals surface area contributed by atoms with Gasteiger partial charge in [0.2, 0.25) is 0 Å². The quantitative estimate of drug-likeness (QED) is 0.882. The van der Waals surface area contributed by atoms with Crippen LogP contribution >= 0.6 is 0 Å². The lowest BCUT2D eigenvalue weighted by atomic mass is 10.1. The molecule has 0 aliphatic heterocycles. The topological polar surface area (TPSA) is 24.9 Å². The molecule has 0 amide bonds. The van der Waals surface area contributed by atoms with Crippen LogP contribution in [0, 0.1) is 11.6 Å². The molecule has 0 saturated heterocycles. The Morgan fingerprint density at radius 3 is 2.71 bits per heavy atom. The first-order valence-electron chi connectivity index (χ1n) is 5.62. The molecule has 2 rings (SSSR count). The maximum absolute atomic E-state index is 13.7. The molecule has 0 unspecified atom stereocenters. The average molecular weight is 236 g/mol. The standard InChI is InChI=1S/C13H14F2N2/c1-3-4-8-7-11(16-2)9-5-6-10(14)12(15)13(9)17-8/h5-7H,3-4H2,1-2H3,(H,16,17). The summed E-state index contributed by atoms with van der Waals surface area (Å²) >= 11 is 0. The molecular formula is C13H14F2N2. The number of anilines is 1. The Bertz CT molecular complexity index is 553. The maximum Gasteiger partial charge on any atom is 0.185 e. The van der Waals surface area contributed by atoms with Crippen LogP contribution in [0.15, 0.2) is 18.2 Å². The average Bonchev–Trinajstić information content (AvgIpc) is 2.34. The lowest BCUT2D eigenvalue weighted by molar-refractivity contribution is 0.515. The molecule has 90 valence electrons. The van der Waals surface area contributed by atoms with Gasteiger partial charge in [-0.05, 0) is 24.6 Å². The Hall–Kier alpha value is -1.71. The van der Waals surface area contributed by atoms with Gasteiger partial charge in [0.25, 0.3) is 0 Å². The molecule has 4 heteroatoms. The molecule has 2 aromatic rings. The fourth-order valence-electron chi connectivity index (χ4n) is 1.88. The van der Waals surface area contributed by atoms with E-state index in [-0.39, 0.29) is 5.52 Å². The van der Waals surface area contributed by atoms with Gasteiger partial charge in [-0.15, -0.1) is 0 Å². The van der Waals surface area contributed by atoms with Crippen LogP contribution in [0.25, 0.3) is 10.9 Å². The van der Waals surface area contributed by atoms with E-state index in [1.165, 1.54) is 0 Å². The number of aryl methyl sites for hydroxylation is 1. The fraction of sp³-hybridized carbons (Fsp3) is 0.308. The highest BCUT2D eigenvalue weighted by molar-refractivity contribution is 5.91. The Morgan fingerprint density at radius 2 is 2.06 bits per heavy atom. The summed E-state index contributed by atoms with van der Waals surface area (Å²) in [6, 6.07) is 4.55. The normalized spacial score (nSPS) is 10.8. The van der Waals surface area contributed by atoms with E-state index in [4.69, 9.17) is 0 Å². The van der Waals surface area contributed by atoms with E-state index in [1.807, 2.05) is 13.0 Å². The largest absolute Gasteiger partial charge is 0.388 e. The Morgan fingerprint density at radius 1 is 1.29 bits per heavy atom. The second-order valence-corrected chi connectivity index (χ2v) is 3.92. The van der Waals surface area contributed by atoms with Gasteiger partial charge in [-0.2, -0.15) is 0 Å². The summed E-state index contributed by atoms with van der Waals surface area (Å²) in [5.74, 6) is -1.74. The molecule has 0 aliphatic carbocycles. The summed E-state index contributed by atoms with van der Waals surface area (Å²) in [5, 5.41) is 3.59. The van der Waals surface area contributed by atoms with Crippen LogP contribution in [0.2, 0.25) is 0 Å². The van der Waals surface area contributed by atoms with E-state index in [1.54, 1.807) is 13.1 Å². The van der Waals surface area contributed by atoms with Crippen molar-refractivity contribution >= 4 is 16.6 Å². The van der Waals surface area contributed by atoms with E-state index < -0.39 is 11.6 Å². The predicted octanol–water partition coefficient (Wildman–Crippen LogP) is 3.51. The molecule has 0 aliphatic rings. The first-order valence-corrected chi connectivity index (χ1v) is 5.62. The van der Waals surface area contributed by atoms with Gasteiger partial charge in [-0.1, -0.05) is 13.3 Å². The van der Waals surface area contributed by atoms with Gasteiger partial charge in [0.1, 0.15) is 5.52 Å². The van der Waals surface area contributed by atoms with Gasteiger partial charge in [-0.3, -0.25) is 0 Å². The maximum atomic E-state index is 13.7. The summed E-state index contributed by atoms with van der Waals surface area (Å²) in [7, 11) is 1.76. The number of nitrogens with zero attached hydrogens (tertiary/aromatic N) is 1. The molecule has 0 atom stereocenters. The lowest BCUT2D eigenvalue weighted by Gasteiger charge is -2.09. The lowest BCUT2D eigenvalue weighted by Crippen LogP contribution is -1.99. The molecule has 0 spiro atoms. The third-order valence-electron chi connectivity index (χ3n) is 2.70. The number of aromatic nitrogens is 1. The molecule has 17 heavy (non-hydrogen) atoms. The smallest absolute Gasteiger partial charge is 0.185 e. The number of hydrogen-bond donors (Lipinski definition) is 1. The second kappa shape index (κ2) is 4.65. The minimum absolute atomic E-state index is 0.0975. The zero-order chi connectivity index (χ0) is 12.4. The number of hydrogen-bond acceptors (Lipinski definition) is 2. The molecule has 0 saturated carbocycles. The highest BCUT2D eigenvalue weighted by Crippen LogP contribution is 2.26. The monoisotopic (exact) mass is 236 g/mol. The van der Waals surface area contributed by atoms with Crippen molar-refractivity contribution in [2.24, 2.45) is 0 Å². The van der Waals surface area contributed by atoms with E-state index in [0.717, 1.165) is 30.3 Å². The zero-order valence-corrected chi connectivity index (χ0v) is 9.85. The fourth-order valence-corrected chi connectivity index (χ4v) is 1.88. The summed E-state index contributed by atoms with van der Waals surface area (Å²) in [5.41, 5.74) is 1.64. The summed E-state index contributed by atoms with van der Waals surface area (Å²) in [4.78, 5) is 4.18. The van der Waals surface area contributed by atoms with Crippen LogP contribution in [0.5, 0.6) is 0 Å². The third kappa shape index (κ3) is 2.07. The molecule has 1 N–H and O–H groups in total. The van der Waals surface area contributed by atoms with Crippen LogP contribution in [0.3, 0.4) is 0 Å². The van der Waals surface area contributed by atoms with Crippen LogP contribution in [0.4, 0.5) is 14.5 Å². The van der Waals surface area contributed by atoms with Crippen LogP contribution in [0.1, 0.15) is 19.0 Å². The van der Waals surface area contributed by atoms with Crippen molar-refractivity contribution in [2.75, 3.05) is 12.4 Å². The number of benzene rings is 1. The molecule has 0 fully saturated rings. The first-order chi connectivity index (χ1) is 8.17. The minimum atomic E-state index is -0.878. The van der Waals surface area contributed by atoms with Crippen molar-refractivity contribution in [3.8, 4) is 0 Å². The van der Waals surface area contributed by atoms with Crippen molar-refractivity contribution < 1.29 is 8.78 Å². The molecule has 0 bridgehead atoms.